The molecule has 0 aliphatic carbocycles. The maximum atomic E-state index is 4.99. The lowest BCUT2D eigenvalue weighted by Gasteiger charge is -2.26. The number of imidazole rings is 1. The molecule has 0 saturated heterocycles. The third-order valence-corrected chi connectivity index (χ3v) is 5.00. The van der Waals surface area contributed by atoms with Gasteiger partial charge in [-0.3, -0.25) is 0 Å². The van der Waals surface area contributed by atoms with Gasteiger partial charge in [-0.25, -0.2) is 9.88 Å². The zero-order valence-electron chi connectivity index (χ0n) is 15.9. The minimum absolute atomic E-state index is 0.397. The number of quaternary nitrogens is 1. The maximum Gasteiger partial charge on any atom is 0.234 e. The fourth-order valence-corrected chi connectivity index (χ4v) is 3.61. The summed E-state index contributed by atoms with van der Waals surface area (Å²) < 4.78 is 2.26. The summed E-state index contributed by atoms with van der Waals surface area (Å²) >= 11 is 0. The first-order valence-electron chi connectivity index (χ1n) is 9.18. The molecule has 2 aliphatic rings. The van der Waals surface area contributed by atoms with Gasteiger partial charge in [-0.2, -0.15) is 4.99 Å². The Kier molecular flexibility index (Phi) is 4.24. The molecule has 0 amide bonds. The second kappa shape index (κ2) is 6.57. The number of benzene rings is 1. The average Bonchev–Trinajstić information content (AvgIpc) is 3.21. The molecule has 0 fully saturated rings. The van der Waals surface area contributed by atoms with E-state index in [1.165, 1.54) is 21.7 Å². The predicted molar refractivity (Wildman–Crippen MR) is 105 cm³/mol. The molecule has 1 unspecified atom stereocenters. The Morgan fingerprint density at radius 1 is 1.19 bits per heavy atom. The zero-order valence-corrected chi connectivity index (χ0v) is 15.9. The van der Waals surface area contributed by atoms with Gasteiger partial charge in [-0.1, -0.05) is 43.7 Å². The fraction of sp³-hybridized carbons (Fsp3) is 0.333. The minimum Gasteiger partial charge on any atom is -0.334 e. The first-order chi connectivity index (χ1) is 12.5. The van der Waals surface area contributed by atoms with Crippen LogP contribution in [0.5, 0.6) is 0 Å². The molecule has 5 nitrogen and oxygen atoms in total. The van der Waals surface area contributed by atoms with Gasteiger partial charge in [0, 0.05) is 43.2 Å². The van der Waals surface area contributed by atoms with Crippen LogP contribution in [0.3, 0.4) is 0 Å². The van der Waals surface area contributed by atoms with E-state index in [0.29, 0.717) is 5.92 Å². The summed E-state index contributed by atoms with van der Waals surface area (Å²) in [6.07, 6.45) is 8.21. The molecule has 1 aromatic heterocycles. The van der Waals surface area contributed by atoms with Crippen LogP contribution >= 0.6 is 0 Å². The first kappa shape index (κ1) is 16.8. The molecule has 2 aliphatic heterocycles. The van der Waals surface area contributed by atoms with Crippen LogP contribution in [0.15, 0.2) is 59.6 Å². The van der Waals surface area contributed by atoms with Crippen LogP contribution in [0.25, 0.3) is 5.70 Å². The van der Waals surface area contributed by atoms with Crippen LogP contribution < -0.4 is 4.90 Å². The molecule has 3 heterocycles. The van der Waals surface area contributed by atoms with Gasteiger partial charge in [0.1, 0.15) is 18.1 Å². The van der Waals surface area contributed by atoms with Gasteiger partial charge >= 0.3 is 0 Å². The van der Waals surface area contributed by atoms with E-state index in [1.807, 2.05) is 6.20 Å². The normalized spacial score (nSPS) is 19.3. The van der Waals surface area contributed by atoms with E-state index >= 15 is 0 Å². The van der Waals surface area contributed by atoms with Gasteiger partial charge in [-0.15, -0.1) is 0 Å². The van der Waals surface area contributed by atoms with Crippen molar-refractivity contribution in [1.82, 2.24) is 14.5 Å². The van der Waals surface area contributed by atoms with Crippen molar-refractivity contribution in [1.29, 1.82) is 0 Å². The fourth-order valence-electron chi connectivity index (χ4n) is 3.61. The lowest BCUT2D eigenvalue weighted by molar-refractivity contribution is -0.774. The van der Waals surface area contributed by atoms with Gasteiger partial charge in [0.15, 0.2) is 12.4 Å². The number of hydrogen-bond donors (Lipinski definition) is 1. The standard InChI is InChI=1S/C21H25N5/c1-15(2)21-22-10-12-25(21)13-18-20(17-7-5-16(3)6-8-17)23-19-9-11-24(4)14-26(18)19/h5-12,15H,13-14H2,1-4H3/p+1. The summed E-state index contributed by atoms with van der Waals surface area (Å²) in [6.45, 7) is 8.20. The van der Waals surface area contributed by atoms with Crippen LogP contribution in [0.4, 0.5) is 0 Å². The Hall–Kier alpha value is -2.66. The quantitative estimate of drug-likeness (QED) is 0.921. The summed E-state index contributed by atoms with van der Waals surface area (Å²) in [5.74, 6) is 2.61. The van der Waals surface area contributed by atoms with Crippen molar-refractivity contribution in [2.24, 2.45) is 4.99 Å². The highest BCUT2D eigenvalue weighted by atomic mass is 15.4. The van der Waals surface area contributed by atoms with E-state index in [0.717, 1.165) is 30.6 Å². The molecule has 1 aromatic carbocycles. The molecule has 134 valence electrons. The third kappa shape index (κ3) is 2.99. The molecule has 0 radical (unpaired) electrons. The lowest BCUT2D eigenvalue weighted by atomic mass is 10.1. The largest absolute Gasteiger partial charge is 0.334 e. The number of aromatic nitrogens is 2. The lowest BCUT2D eigenvalue weighted by Crippen LogP contribution is -3.14. The minimum atomic E-state index is 0.397. The highest BCUT2D eigenvalue weighted by molar-refractivity contribution is 5.94. The van der Waals surface area contributed by atoms with Crippen molar-refractivity contribution in [2.75, 3.05) is 13.7 Å². The molecule has 1 atom stereocenters. The molecule has 2 aromatic rings. The topological polar surface area (TPSA) is 37.9 Å². The summed E-state index contributed by atoms with van der Waals surface area (Å²) in [5.41, 5.74) is 4.85. The summed E-state index contributed by atoms with van der Waals surface area (Å²) in [4.78, 5) is 13.1. The highest BCUT2D eigenvalue weighted by Crippen LogP contribution is 2.24. The summed E-state index contributed by atoms with van der Waals surface area (Å²) in [7, 11) is 2.11. The first-order valence-corrected chi connectivity index (χ1v) is 9.18. The maximum absolute atomic E-state index is 4.99. The van der Waals surface area contributed by atoms with E-state index in [-0.39, 0.29) is 0 Å². The highest BCUT2D eigenvalue weighted by Gasteiger charge is 2.35. The van der Waals surface area contributed by atoms with Gasteiger partial charge in [-0.05, 0) is 6.92 Å². The number of hydrogen-bond acceptors (Lipinski definition) is 3. The van der Waals surface area contributed by atoms with Gasteiger partial charge in [0.2, 0.25) is 5.84 Å². The van der Waals surface area contributed by atoms with Crippen molar-refractivity contribution in [2.45, 2.75) is 33.2 Å². The number of aliphatic imine (C=N–C) groups is 1. The van der Waals surface area contributed by atoms with Crippen molar-refractivity contribution >= 4 is 11.5 Å². The van der Waals surface area contributed by atoms with Crippen molar-refractivity contribution in [3.8, 4) is 0 Å². The molecular formula is C21H26N5+. The van der Waals surface area contributed by atoms with E-state index in [2.05, 4.69) is 85.0 Å². The molecule has 0 bridgehead atoms. The molecule has 5 heteroatoms. The number of nitrogens with zero attached hydrogens (tertiary/aromatic N) is 4. The molecule has 0 spiro atoms. The number of amidine groups is 1. The second-order valence-corrected chi connectivity index (χ2v) is 7.47. The Bertz CT molecular complexity index is 899. The summed E-state index contributed by atoms with van der Waals surface area (Å²) in [6, 6.07) is 8.67. The van der Waals surface area contributed by atoms with Crippen LogP contribution in [0.2, 0.25) is 0 Å². The number of aryl methyl sites for hydroxylation is 1. The van der Waals surface area contributed by atoms with Crippen molar-refractivity contribution < 1.29 is 4.90 Å². The Morgan fingerprint density at radius 2 is 1.96 bits per heavy atom. The van der Waals surface area contributed by atoms with Crippen LogP contribution in [-0.2, 0) is 6.54 Å². The zero-order chi connectivity index (χ0) is 18.3. The average molecular weight is 348 g/mol. The Morgan fingerprint density at radius 3 is 2.69 bits per heavy atom. The Balaban J connectivity index is 1.78. The van der Waals surface area contributed by atoms with Gasteiger partial charge in [0.25, 0.3) is 0 Å². The monoisotopic (exact) mass is 348 g/mol. The molecule has 0 saturated carbocycles. The second-order valence-electron chi connectivity index (χ2n) is 7.47. The molecule has 1 N–H and O–H groups in total. The smallest absolute Gasteiger partial charge is 0.234 e. The molecular weight excluding hydrogens is 322 g/mol. The van der Waals surface area contributed by atoms with E-state index in [9.17, 15) is 0 Å². The van der Waals surface area contributed by atoms with Gasteiger partial charge in [0.05, 0.1) is 0 Å². The summed E-state index contributed by atoms with van der Waals surface area (Å²) in [5, 5.41) is 0. The van der Waals surface area contributed by atoms with Crippen LogP contribution in [0, 0.1) is 6.92 Å². The van der Waals surface area contributed by atoms with E-state index in [1.54, 1.807) is 0 Å². The third-order valence-electron chi connectivity index (χ3n) is 5.00. The van der Waals surface area contributed by atoms with Crippen molar-refractivity contribution in [3.05, 3.63) is 71.6 Å². The molecule has 26 heavy (non-hydrogen) atoms. The predicted octanol–water partition coefficient (Wildman–Crippen LogP) is 2.40. The number of allylic oxidation sites excluding steroid dienone is 1. The van der Waals surface area contributed by atoms with E-state index in [4.69, 9.17) is 4.99 Å². The Labute approximate surface area is 155 Å². The molecule has 4 rings (SSSR count). The van der Waals surface area contributed by atoms with Crippen LogP contribution in [0.1, 0.15) is 36.7 Å². The van der Waals surface area contributed by atoms with E-state index < -0.39 is 0 Å². The van der Waals surface area contributed by atoms with Crippen molar-refractivity contribution in [3.63, 3.8) is 0 Å². The number of nitrogens with one attached hydrogen (secondary N) is 1. The SMILES string of the molecule is Cc1ccc(C2=C(Cn3ccnc3C(C)C)[NH+]3CN(C)C=CC3=N2)cc1. The van der Waals surface area contributed by atoms with Crippen LogP contribution in [-0.4, -0.2) is 34.0 Å². The number of rotatable bonds is 4. The van der Waals surface area contributed by atoms with Gasteiger partial charge < -0.3 is 9.47 Å². The number of fused-ring (bicyclic) bond motifs is 1.